The van der Waals surface area contributed by atoms with Gasteiger partial charge in [0.2, 0.25) is 0 Å². The molecule has 0 radical (unpaired) electrons. The van der Waals surface area contributed by atoms with Crippen LogP contribution in [0.4, 0.5) is 10.1 Å². The van der Waals surface area contributed by atoms with Gasteiger partial charge in [0.1, 0.15) is 11.6 Å². The first-order valence-electron chi connectivity index (χ1n) is 6.29. The fraction of sp³-hybridized carbons (Fsp3) is 0.267. The quantitative estimate of drug-likeness (QED) is 0.850. The van der Waals surface area contributed by atoms with Gasteiger partial charge in [-0.05, 0) is 43.7 Å². The van der Waals surface area contributed by atoms with Crippen LogP contribution in [0.5, 0.6) is 5.75 Å². The molecule has 19 heavy (non-hydrogen) atoms. The first kappa shape index (κ1) is 12.0. The van der Waals surface area contributed by atoms with Crippen molar-refractivity contribution < 1.29 is 9.13 Å². The van der Waals surface area contributed by atoms with Crippen molar-refractivity contribution in [3.8, 4) is 5.75 Å². The summed E-state index contributed by atoms with van der Waals surface area (Å²) in [4.78, 5) is 4.10. The van der Waals surface area contributed by atoms with Crippen LogP contribution in [0.15, 0.2) is 36.5 Å². The lowest BCUT2D eigenvalue weighted by Gasteiger charge is -2.32. The molecule has 0 saturated heterocycles. The van der Waals surface area contributed by atoms with Gasteiger partial charge >= 0.3 is 0 Å². The molecule has 0 spiro atoms. The smallest absolute Gasteiger partial charge is 0.160 e. The number of benzene rings is 1. The van der Waals surface area contributed by atoms with Gasteiger partial charge in [-0.15, -0.1) is 0 Å². The molecule has 0 aliphatic carbocycles. The third kappa shape index (κ3) is 2.26. The lowest BCUT2D eigenvalue weighted by Crippen LogP contribution is -2.33. The van der Waals surface area contributed by atoms with Crippen molar-refractivity contribution in [2.24, 2.45) is 0 Å². The summed E-state index contributed by atoms with van der Waals surface area (Å²) in [5.74, 6) is 0.469. The van der Waals surface area contributed by atoms with Crippen LogP contribution in [0, 0.1) is 12.7 Å². The summed E-state index contributed by atoms with van der Waals surface area (Å²) in [6.45, 7) is 4.07. The molecule has 2 aromatic rings. The number of ether oxygens (including phenoxy) is 1. The number of hydrogen-bond donors (Lipinski definition) is 1. The summed E-state index contributed by atoms with van der Waals surface area (Å²) in [7, 11) is 0. The van der Waals surface area contributed by atoms with Crippen LogP contribution in [-0.2, 0) is 0 Å². The van der Waals surface area contributed by atoms with Crippen LogP contribution >= 0.6 is 0 Å². The van der Waals surface area contributed by atoms with Gasteiger partial charge in [-0.3, -0.25) is 4.98 Å². The minimum atomic E-state index is -0.337. The second kappa shape index (κ2) is 4.53. The number of hydrogen-bond acceptors (Lipinski definition) is 3. The largest absolute Gasteiger partial charge is 0.480 e. The molecule has 1 aromatic carbocycles. The molecule has 0 fully saturated rings. The number of nitrogens with zero attached hydrogens (tertiary/aromatic N) is 1. The van der Waals surface area contributed by atoms with Crippen LogP contribution in [0.3, 0.4) is 0 Å². The molecule has 98 valence electrons. The van der Waals surface area contributed by atoms with Gasteiger partial charge in [0.05, 0.1) is 23.6 Å². The number of nitrogens with one attached hydrogen (secondary N) is 1. The summed E-state index contributed by atoms with van der Waals surface area (Å²) < 4.78 is 18.9. The Morgan fingerprint density at radius 1 is 1.26 bits per heavy atom. The fourth-order valence-corrected chi connectivity index (χ4v) is 2.29. The van der Waals surface area contributed by atoms with Crippen molar-refractivity contribution >= 4 is 5.69 Å². The number of rotatable bonds is 1. The van der Waals surface area contributed by atoms with Gasteiger partial charge < -0.3 is 10.1 Å². The standard InChI is InChI=1S/C15H15FN2O/c1-9-3-6-14-13(7-9)18-10(2)15(19-14)12-5-4-11(16)8-17-12/h3-8,10,15,18H,1-2H3. The lowest BCUT2D eigenvalue weighted by atomic mass is 10.0. The van der Waals surface area contributed by atoms with E-state index in [1.54, 1.807) is 6.07 Å². The summed E-state index contributed by atoms with van der Waals surface area (Å²) in [6, 6.07) is 9.15. The van der Waals surface area contributed by atoms with Crippen LogP contribution < -0.4 is 10.1 Å². The normalized spacial score (nSPS) is 21.2. The lowest BCUT2D eigenvalue weighted by molar-refractivity contribution is 0.173. The summed E-state index contributed by atoms with van der Waals surface area (Å²) >= 11 is 0. The first-order chi connectivity index (χ1) is 9.13. The Bertz CT molecular complexity index is 598. The molecule has 0 amide bonds. The van der Waals surface area contributed by atoms with Crippen LogP contribution in [-0.4, -0.2) is 11.0 Å². The highest BCUT2D eigenvalue weighted by atomic mass is 19.1. The number of pyridine rings is 1. The Morgan fingerprint density at radius 2 is 2.11 bits per heavy atom. The van der Waals surface area contributed by atoms with Crippen molar-refractivity contribution in [1.82, 2.24) is 4.98 Å². The molecule has 4 heteroatoms. The zero-order valence-corrected chi connectivity index (χ0v) is 10.9. The molecule has 2 unspecified atom stereocenters. The van der Waals surface area contributed by atoms with Crippen LogP contribution in [0.25, 0.3) is 0 Å². The maximum Gasteiger partial charge on any atom is 0.160 e. The van der Waals surface area contributed by atoms with Crippen molar-refractivity contribution in [2.75, 3.05) is 5.32 Å². The third-order valence-electron chi connectivity index (χ3n) is 3.27. The van der Waals surface area contributed by atoms with Gasteiger partial charge in [0.25, 0.3) is 0 Å². The SMILES string of the molecule is Cc1ccc2c(c1)NC(C)C(c1ccc(F)cn1)O2. The van der Waals surface area contributed by atoms with Crippen LogP contribution in [0.1, 0.15) is 24.3 Å². The van der Waals surface area contributed by atoms with Crippen molar-refractivity contribution in [2.45, 2.75) is 26.0 Å². The molecule has 2 heterocycles. The van der Waals surface area contributed by atoms with E-state index in [0.717, 1.165) is 17.1 Å². The highest BCUT2D eigenvalue weighted by Crippen LogP contribution is 2.37. The summed E-state index contributed by atoms with van der Waals surface area (Å²) in [5.41, 5.74) is 2.90. The molecule has 1 N–H and O–H groups in total. The number of aryl methyl sites for hydroxylation is 1. The highest BCUT2D eigenvalue weighted by Gasteiger charge is 2.28. The predicted molar refractivity (Wildman–Crippen MR) is 71.8 cm³/mol. The first-order valence-corrected chi connectivity index (χ1v) is 6.29. The molecular weight excluding hydrogens is 243 g/mol. The Balaban J connectivity index is 1.93. The number of anilines is 1. The van der Waals surface area contributed by atoms with Gasteiger partial charge in [0.15, 0.2) is 6.10 Å². The molecule has 1 aliphatic heterocycles. The van der Waals surface area contributed by atoms with Crippen molar-refractivity contribution in [3.05, 3.63) is 53.6 Å². The van der Waals surface area contributed by atoms with E-state index in [0.29, 0.717) is 0 Å². The minimum absolute atomic E-state index is 0.0762. The van der Waals surface area contributed by atoms with E-state index in [1.807, 2.05) is 26.0 Å². The maximum absolute atomic E-state index is 12.9. The number of aromatic nitrogens is 1. The van der Waals surface area contributed by atoms with E-state index in [-0.39, 0.29) is 18.0 Å². The monoisotopic (exact) mass is 258 g/mol. The van der Waals surface area contributed by atoms with E-state index in [9.17, 15) is 4.39 Å². The predicted octanol–water partition coefficient (Wildman–Crippen LogP) is 3.46. The molecular formula is C15H15FN2O. The molecule has 1 aliphatic rings. The Hall–Kier alpha value is -2.10. The molecule has 0 saturated carbocycles. The summed E-state index contributed by atoms with van der Waals surface area (Å²) in [5, 5.41) is 3.41. The number of fused-ring (bicyclic) bond motifs is 1. The zero-order chi connectivity index (χ0) is 13.4. The minimum Gasteiger partial charge on any atom is -0.480 e. The molecule has 3 nitrogen and oxygen atoms in total. The average Bonchev–Trinajstić information content (AvgIpc) is 2.39. The fourth-order valence-electron chi connectivity index (χ4n) is 2.29. The zero-order valence-electron chi connectivity index (χ0n) is 10.9. The van der Waals surface area contributed by atoms with Crippen molar-refractivity contribution in [3.63, 3.8) is 0 Å². The third-order valence-corrected chi connectivity index (χ3v) is 3.27. The van der Waals surface area contributed by atoms with Crippen LogP contribution in [0.2, 0.25) is 0 Å². The van der Waals surface area contributed by atoms with Gasteiger partial charge in [-0.25, -0.2) is 4.39 Å². The topological polar surface area (TPSA) is 34.2 Å². The summed E-state index contributed by atoms with van der Waals surface area (Å²) in [6.07, 6.45) is 1.01. The maximum atomic E-state index is 12.9. The Kier molecular flexibility index (Phi) is 2.85. The van der Waals surface area contributed by atoms with Gasteiger partial charge in [0, 0.05) is 0 Å². The van der Waals surface area contributed by atoms with E-state index < -0.39 is 0 Å². The van der Waals surface area contributed by atoms with Gasteiger partial charge in [-0.2, -0.15) is 0 Å². The molecule has 2 atom stereocenters. The molecule has 0 bridgehead atoms. The van der Waals surface area contributed by atoms with E-state index >= 15 is 0 Å². The second-order valence-corrected chi connectivity index (χ2v) is 4.87. The van der Waals surface area contributed by atoms with E-state index in [2.05, 4.69) is 16.4 Å². The molecule has 1 aromatic heterocycles. The van der Waals surface area contributed by atoms with E-state index in [1.165, 1.54) is 17.8 Å². The second-order valence-electron chi connectivity index (χ2n) is 4.87. The number of halogens is 1. The Morgan fingerprint density at radius 3 is 2.84 bits per heavy atom. The van der Waals surface area contributed by atoms with Gasteiger partial charge in [-0.1, -0.05) is 6.07 Å². The average molecular weight is 258 g/mol. The van der Waals surface area contributed by atoms with Crippen molar-refractivity contribution in [1.29, 1.82) is 0 Å². The molecule has 3 rings (SSSR count). The Labute approximate surface area is 111 Å². The van der Waals surface area contributed by atoms with E-state index in [4.69, 9.17) is 4.74 Å². The highest BCUT2D eigenvalue weighted by molar-refractivity contribution is 5.60.